The predicted molar refractivity (Wildman–Crippen MR) is 90.4 cm³/mol. The van der Waals surface area contributed by atoms with Crippen molar-refractivity contribution in [3.05, 3.63) is 69.8 Å². The van der Waals surface area contributed by atoms with Gasteiger partial charge in [0.25, 0.3) is 11.6 Å². The van der Waals surface area contributed by atoms with Gasteiger partial charge in [0.1, 0.15) is 11.3 Å². The minimum atomic E-state index is -0.623. The molecule has 0 aliphatic rings. The van der Waals surface area contributed by atoms with Gasteiger partial charge >= 0.3 is 0 Å². The summed E-state index contributed by atoms with van der Waals surface area (Å²) >= 11 is 0. The standard InChI is InChI=1S/C17H17N3O4/c1-3-15(12-8-10-13(24-2)11-9-12)18-19-17(21)14-6-4-5-7-16(14)20(22)23/h4-11H,3H2,1-2H3,(H,19,21). The average Bonchev–Trinajstić information content (AvgIpc) is 2.62. The summed E-state index contributed by atoms with van der Waals surface area (Å²) in [4.78, 5) is 22.6. The van der Waals surface area contributed by atoms with Gasteiger partial charge in [-0.05, 0) is 42.3 Å². The summed E-state index contributed by atoms with van der Waals surface area (Å²) in [6.07, 6.45) is 0.587. The van der Waals surface area contributed by atoms with Crippen LogP contribution in [-0.2, 0) is 0 Å². The largest absolute Gasteiger partial charge is 0.497 e. The van der Waals surface area contributed by atoms with Gasteiger partial charge in [0.05, 0.1) is 17.7 Å². The van der Waals surface area contributed by atoms with E-state index in [1.807, 2.05) is 19.1 Å². The molecule has 0 heterocycles. The summed E-state index contributed by atoms with van der Waals surface area (Å²) in [5.74, 6) is 0.0971. The second kappa shape index (κ2) is 7.87. The molecule has 0 fully saturated rings. The fraction of sp³-hybridized carbons (Fsp3) is 0.176. The van der Waals surface area contributed by atoms with Crippen molar-refractivity contribution >= 4 is 17.3 Å². The summed E-state index contributed by atoms with van der Waals surface area (Å²) in [7, 11) is 1.58. The molecule has 2 aromatic rings. The molecule has 7 heteroatoms. The SMILES string of the molecule is CCC(=NNC(=O)c1ccccc1[N+](=O)[O-])c1ccc(OC)cc1. The predicted octanol–water partition coefficient (Wildman–Crippen LogP) is 3.15. The van der Waals surface area contributed by atoms with E-state index in [2.05, 4.69) is 10.5 Å². The molecule has 0 saturated carbocycles. The fourth-order valence-electron chi connectivity index (χ4n) is 2.13. The van der Waals surface area contributed by atoms with Crippen LogP contribution >= 0.6 is 0 Å². The second-order valence-electron chi connectivity index (χ2n) is 4.86. The molecule has 0 unspecified atom stereocenters. The van der Waals surface area contributed by atoms with Crippen molar-refractivity contribution in [2.45, 2.75) is 13.3 Å². The molecule has 24 heavy (non-hydrogen) atoms. The Bertz CT molecular complexity index is 770. The first-order chi connectivity index (χ1) is 11.6. The highest BCUT2D eigenvalue weighted by Gasteiger charge is 2.18. The second-order valence-corrected chi connectivity index (χ2v) is 4.86. The number of carbonyl (C=O) groups excluding carboxylic acids is 1. The highest BCUT2D eigenvalue weighted by molar-refractivity contribution is 6.03. The van der Waals surface area contributed by atoms with E-state index in [0.29, 0.717) is 12.1 Å². The zero-order valence-electron chi connectivity index (χ0n) is 13.4. The van der Waals surface area contributed by atoms with Crippen LogP contribution in [0.15, 0.2) is 53.6 Å². The number of carbonyl (C=O) groups is 1. The number of rotatable bonds is 6. The van der Waals surface area contributed by atoms with Crippen molar-refractivity contribution < 1.29 is 14.5 Å². The van der Waals surface area contributed by atoms with Crippen LogP contribution in [0, 0.1) is 10.1 Å². The van der Waals surface area contributed by atoms with Crippen LogP contribution in [0.4, 0.5) is 5.69 Å². The third kappa shape index (κ3) is 3.95. The molecule has 0 bridgehead atoms. The summed E-state index contributed by atoms with van der Waals surface area (Å²) in [5.41, 5.74) is 3.59. The van der Waals surface area contributed by atoms with Gasteiger partial charge in [-0.25, -0.2) is 5.43 Å². The van der Waals surface area contributed by atoms with Crippen LogP contribution in [-0.4, -0.2) is 23.7 Å². The lowest BCUT2D eigenvalue weighted by atomic mass is 10.1. The molecule has 0 saturated heterocycles. The minimum Gasteiger partial charge on any atom is -0.497 e. The van der Waals surface area contributed by atoms with Crippen molar-refractivity contribution in [3.8, 4) is 5.75 Å². The van der Waals surface area contributed by atoms with E-state index in [-0.39, 0.29) is 11.3 Å². The van der Waals surface area contributed by atoms with E-state index >= 15 is 0 Å². The number of nitrogens with zero attached hydrogens (tertiary/aromatic N) is 2. The third-order valence-corrected chi connectivity index (χ3v) is 3.40. The smallest absolute Gasteiger partial charge is 0.282 e. The molecular weight excluding hydrogens is 310 g/mol. The molecule has 7 nitrogen and oxygen atoms in total. The maximum absolute atomic E-state index is 12.2. The minimum absolute atomic E-state index is 0.0311. The summed E-state index contributed by atoms with van der Waals surface area (Å²) in [6, 6.07) is 13.0. The van der Waals surface area contributed by atoms with E-state index in [1.165, 1.54) is 18.2 Å². The Kier molecular flexibility index (Phi) is 5.62. The third-order valence-electron chi connectivity index (χ3n) is 3.40. The van der Waals surface area contributed by atoms with Crippen LogP contribution in [0.25, 0.3) is 0 Å². The first-order valence-electron chi connectivity index (χ1n) is 7.31. The average molecular weight is 327 g/mol. The van der Waals surface area contributed by atoms with Crippen molar-refractivity contribution in [2.75, 3.05) is 7.11 Å². The highest BCUT2D eigenvalue weighted by atomic mass is 16.6. The van der Waals surface area contributed by atoms with Crippen molar-refractivity contribution in [3.63, 3.8) is 0 Å². The van der Waals surface area contributed by atoms with Crippen molar-refractivity contribution in [2.24, 2.45) is 5.10 Å². The Balaban J connectivity index is 2.21. The van der Waals surface area contributed by atoms with Gasteiger partial charge in [0.2, 0.25) is 0 Å². The Labute approximate surface area is 139 Å². The van der Waals surface area contributed by atoms with E-state index in [0.717, 1.165) is 11.3 Å². The molecule has 0 aliphatic carbocycles. The lowest BCUT2D eigenvalue weighted by Gasteiger charge is -2.07. The number of methoxy groups -OCH3 is 1. The van der Waals surface area contributed by atoms with Gasteiger partial charge in [0.15, 0.2) is 0 Å². The number of para-hydroxylation sites is 1. The van der Waals surface area contributed by atoms with Crippen LogP contribution < -0.4 is 10.2 Å². The number of ether oxygens (including phenoxy) is 1. The lowest BCUT2D eigenvalue weighted by Crippen LogP contribution is -2.21. The molecule has 0 aromatic heterocycles. The number of nitrogens with one attached hydrogen (secondary N) is 1. The van der Waals surface area contributed by atoms with Gasteiger partial charge < -0.3 is 4.74 Å². The van der Waals surface area contributed by atoms with E-state index in [1.54, 1.807) is 25.3 Å². The van der Waals surface area contributed by atoms with Crippen LogP contribution in [0.2, 0.25) is 0 Å². The van der Waals surface area contributed by atoms with Crippen LogP contribution in [0.3, 0.4) is 0 Å². The first-order valence-corrected chi connectivity index (χ1v) is 7.31. The summed E-state index contributed by atoms with van der Waals surface area (Å²) < 4.78 is 5.10. The van der Waals surface area contributed by atoms with Crippen molar-refractivity contribution in [1.29, 1.82) is 0 Å². The Morgan fingerprint density at radius 1 is 1.21 bits per heavy atom. The molecule has 124 valence electrons. The Morgan fingerprint density at radius 3 is 2.46 bits per heavy atom. The number of hydrogen-bond donors (Lipinski definition) is 1. The zero-order chi connectivity index (χ0) is 17.5. The normalized spacial score (nSPS) is 11.0. The molecular formula is C17H17N3O4. The van der Waals surface area contributed by atoms with E-state index < -0.39 is 10.8 Å². The molecule has 0 radical (unpaired) electrons. The fourth-order valence-corrected chi connectivity index (χ4v) is 2.13. The maximum Gasteiger partial charge on any atom is 0.282 e. The molecule has 0 aliphatic heterocycles. The highest BCUT2D eigenvalue weighted by Crippen LogP contribution is 2.17. The monoisotopic (exact) mass is 327 g/mol. The van der Waals surface area contributed by atoms with E-state index in [9.17, 15) is 14.9 Å². The van der Waals surface area contributed by atoms with Gasteiger partial charge in [-0.3, -0.25) is 14.9 Å². The lowest BCUT2D eigenvalue weighted by molar-refractivity contribution is -0.385. The number of nitro groups is 1. The molecule has 0 atom stereocenters. The van der Waals surface area contributed by atoms with Crippen LogP contribution in [0.5, 0.6) is 5.75 Å². The zero-order valence-corrected chi connectivity index (χ0v) is 13.4. The Hall–Kier alpha value is -3.22. The molecule has 0 spiro atoms. The summed E-state index contributed by atoms with van der Waals surface area (Å²) in [6.45, 7) is 1.90. The Morgan fingerprint density at radius 2 is 1.88 bits per heavy atom. The first kappa shape index (κ1) is 17.1. The topological polar surface area (TPSA) is 93.8 Å². The number of benzene rings is 2. The maximum atomic E-state index is 12.2. The number of amides is 1. The quantitative estimate of drug-likeness (QED) is 0.501. The van der Waals surface area contributed by atoms with Gasteiger partial charge in [0, 0.05) is 6.07 Å². The van der Waals surface area contributed by atoms with Gasteiger partial charge in [-0.1, -0.05) is 19.1 Å². The number of hydrogen-bond acceptors (Lipinski definition) is 5. The van der Waals surface area contributed by atoms with E-state index in [4.69, 9.17) is 4.74 Å². The van der Waals surface area contributed by atoms with Crippen LogP contribution in [0.1, 0.15) is 29.3 Å². The number of hydrazone groups is 1. The summed E-state index contributed by atoms with van der Waals surface area (Å²) in [5, 5.41) is 15.1. The van der Waals surface area contributed by atoms with Gasteiger partial charge in [-0.2, -0.15) is 5.10 Å². The molecule has 2 aromatic carbocycles. The molecule has 2 rings (SSSR count). The molecule has 1 N–H and O–H groups in total. The molecule has 1 amide bonds. The van der Waals surface area contributed by atoms with Crippen molar-refractivity contribution in [1.82, 2.24) is 5.43 Å². The van der Waals surface area contributed by atoms with Gasteiger partial charge in [-0.15, -0.1) is 0 Å². The number of nitro benzene ring substituents is 1.